The van der Waals surface area contributed by atoms with Crippen molar-refractivity contribution in [1.82, 2.24) is 15.1 Å². The van der Waals surface area contributed by atoms with Crippen LogP contribution in [0.3, 0.4) is 0 Å². The predicted octanol–water partition coefficient (Wildman–Crippen LogP) is 2.18. The van der Waals surface area contributed by atoms with E-state index in [1.165, 1.54) is 23.8 Å². The number of aryl methyl sites for hydroxylation is 1. The van der Waals surface area contributed by atoms with E-state index >= 15 is 0 Å². The molecule has 29 heavy (non-hydrogen) atoms. The first-order valence-corrected chi connectivity index (χ1v) is 9.77. The maximum Gasteiger partial charge on any atom is 0.313 e. The Morgan fingerprint density at radius 3 is 2.31 bits per heavy atom. The number of nitrogens with zero attached hydrogens (tertiary/aromatic N) is 2. The lowest BCUT2D eigenvalue weighted by Gasteiger charge is -2.38. The highest BCUT2D eigenvalue weighted by molar-refractivity contribution is 6.39. The number of rotatable bonds is 5. The van der Waals surface area contributed by atoms with Crippen molar-refractivity contribution in [1.29, 1.82) is 0 Å². The molecule has 6 nitrogen and oxygen atoms in total. The zero-order valence-electron chi connectivity index (χ0n) is 16.8. The van der Waals surface area contributed by atoms with E-state index < -0.39 is 17.6 Å². The number of para-hydroxylation sites is 1. The summed E-state index contributed by atoms with van der Waals surface area (Å²) in [7, 11) is 2.09. The number of halogens is 1. The van der Waals surface area contributed by atoms with Gasteiger partial charge < -0.3 is 15.5 Å². The Morgan fingerprint density at radius 2 is 1.66 bits per heavy atom. The Kier molecular flexibility index (Phi) is 6.95. The average molecular weight is 398 g/mol. The first kappa shape index (κ1) is 21.0. The van der Waals surface area contributed by atoms with E-state index in [2.05, 4.69) is 39.6 Å². The lowest BCUT2D eigenvalue weighted by atomic mass is 10.0. The molecule has 0 spiro atoms. The van der Waals surface area contributed by atoms with E-state index in [0.717, 1.165) is 31.7 Å². The number of amides is 2. The number of anilines is 1. The van der Waals surface area contributed by atoms with Crippen molar-refractivity contribution >= 4 is 17.5 Å². The fourth-order valence-electron chi connectivity index (χ4n) is 3.39. The smallest absolute Gasteiger partial charge is 0.313 e. The molecule has 7 heteroatoms. The molecular weight excluding hydrogens is 371 g/mol. The Hall–Kier alpha value is -2.77. The minimum Gasteiger partial charge on any atom is -0.346 e. The van der Waals surface area contributed by atoms with Crippen LogP contribution in [0.4, 0.5) is 10.1 Å². The molecule has 3 rings (SSSR count). The second kappa shape index (κ2) is 9.62. The maximum absolute atomic E-state index is 13.7. The van der Waals surface area contributed by atoms with Crippen molar-refractivity contribution in [3.8, 4) is 0 Å². The van der Waals surface area contributed by atoms with Crippen molar-refractivity contribution in [3.63, 3.8) is 0 Å². The fraction of sp³-hybridized carbons (Fsp3) is 0.364. The predicted molar refractivity (Wildman–Crippen MR) is 111 cm³/mol. The topological polar surface area (TPSA) is 64.7 Å². The summed E-state index contributed by atoms with van der Waals surface area (Å²) in [5.74, 6) is -2.24. The van der Waals surface area contributed by atoms with Gasteiger partial charge in [0.15, 0.2) is 0 Å². The lowest BCUT2D eigenvalue weighted by Crippen LogP contribution is -2.49. The normalized spacial score (nSPS) is 16.2. The Bertz CT molecular complexity index is 848. The number of carbonyl (C=O) groups excluding carboxylic acids is 2. The van der Waals surface area contributed by atoms with Crippen molar-refractivity contribution in [2.24, 2.45) is 0 Å². The summed E-state index contributed by atoms with van der Waals surface area (Å²) < 4.78 is 13.7. The van der Waals surface area contributed by atoms with Gasteiger partial charge in [0.05, 0.1) is 11.7 Å². The Balaban J connectivity index is 1.65. The number of benzene rings is 2. The standard InChI is InChI=1S/C22H27FN4O2/c1-16-7-9-17(10-8-16)20(27-13-11-26(2)12-14-27)15-24-21(28)22(29)25-19-6-4-3-5-18(19)23/h3-10,20H,11-15H2,1-2H3,(H,24,28)(H,25,29). The largest absolute Gasteiger partial charge is 0.346 e. The van der Waals surface area contributed by atoms with Crippen LogP contribution < -0.4 is 10.6 Å². The van der Waals surface area contributed by atoms with E-state index in [0.29, 0.717) is 6.54 Å². The maximum atomic E-state index is 13.7. The highest BCUT2D eigenvalue weighted by Gasteiger charge is 2.25. The third kappa shape index (κ3) is 5.62. The van der Waals surface area contributed by atoms with Gasteiger partial charge in [-0.15, -0.1) is 0 Å². The Morgan fingerprint density at radius 1 is 1.00 bits per heavy atom. The van der Waals surface area contributed by atoms with Crippen LogP contribution in [0.25, 0.3) is 0 Å². The molecule has 2 N–H and O–H groups in total. The number of hydrogen-bond donors (Lipinski definition) is 2. The van der Waals surface area contributed by atoms with Gasteiger partial charge in [-0.1, -0.05) is 42.0 Å². The molecule has 2 amide bonds. The monoisotopic (exact) mass is 398 g/mol. The molecule has 0 bridgehead atoms. The van der Waals surface area contributed by atoms with Gasteiger partial charge in [-0.05, 0) is 31.7 Å². The van der Waals surface area contributed by atoms with E-state index in [-0.39, 0.29) is 11.7 Å². The number of nitrogens with one attached hydrogen (secondary N) is 2. The van der Waals surface area contributed by atoms with Gasteiger partial charge in [0.25, 0.3) is 0 Å². The van der Waals surface area contributed by atoms with Gasteiger partial charge in [-0.25, -0.2) is 4.39 Å². The van der Waals surface area contributed by atoms with Gasteiger partial charge in [0, 0.05) is 32.7 Å². The van der Waals surface area contributed by atoms with E-state index in [9.17, 15) is 14.0 Å². The van der Waals surface area contributed by atoms with Gasteiger partial charge in [-0.2, -0.15) is 0 Å². The molecule has 0 aromatic heterocycles. The zero-order valence-corrected chi connectivity index (χ0v) is 16.8. The number of hydrogen-bond acceptors (Lipinski definition) is 4. The van der Waals surface area contributed by atoms with Crippen molar-refractivity contribution in [2.45, 2.75) is 13.0 Å². The third-order valence-corrected chi connectivity index (χ3v) is 5.23. The van der Waals surface area contributed by atoms with Crippen molar-refractivity contribution < 1.29 is 14.0 Å². The summed E-state index contributed by atoms with van der Waals surface area (Å²) in [6.45, 7) is 5.99. The average Bonchev–Trinajstić information content (AvgIpc) is 2.72. The Labute approximate surface area is 170 Å². The van der Waals surface area contributed by atoms with Crippen LogP contribution in [-0.2, 0) is 9.59 Å². The fourth-order valence-corrected chi connectivity index (χ4v) is 3.39. The van der Waals surface area contributed by atoms with Gasteiger partial charge in [0.1, 0.15) is 5.82 Å². The van der Waals surface area contributed by atoms with Crippen LogP contribution in [0.1, 0.15) is 17.2 Å². The summed E-state index contributed by atoms with van der Waals surface area (Å²) in [6, 6.07) is 13.9. The summed E-state index contributed by atoms with van der Waals surface area (Å²) >= 11 is 0. The highest BCUT2D eigenvalue weighted by Crippen LogP contribution is 2.22. The van der Waals surface area contributed by atoms with Gasteiger partial charge in [0.2, 0.25) is 0 Å². The van der Waals surface area contributed by atoms with Crippen LogP contribution in [0, 0.1) is 12.7 Å². The quantitative estimate of drug-likeness (QED) is 0.758. The molecule has 1 aliphatic rings. The molecule has 2 aromatic rings. The molecule has 2 aromatic carbocycles. The summed E-state index contributed by atoms with van der Waals surface area (Å²) in [5.41, 5.74) is 2.25. The van der Waals surface area contributed by atoms with Crippen molar-refractivity contribution in [2.75, 3.05) is 45.1 Å². The minimum atomic E-state index is -0.879. The molecule has 0 aliphatic carbocycles. The second-order valence-corrected chi connectivity index (χ2v) is 7.41. The second-order valence-electron chi connectivity index (χ2n) is 7.41. The highest BCUT2D eigenvalue weighted by atomic mass is 19.1. The first-order chi connectivity index (χ1) is 13.9. The van der Waals surface area contributed by atoms with Crippen LogP contribution in [-0.4, -0.2) is 61.4 Å². The summed E-state index contributed by atoms with van der Waals surface area (Å²) in [6.07, 6.45) is 0. The van der Waals surface area contributed by atoms with Crippen LogP contribution in [0.2, 0.25) is 0 Å². The molecule has 1 saturated heterocycles. The summed E-state index contributed by atoms with van der Waals surface area (Å²) in [5, 5.41) is 5.04. The molecule has 1 unspecified atom stereocenters. The molecule has 1 aliphatic heterocycles. The molecular formula is C22H27FN4O2. The summed E-state index contributed by atoms with van der Waals surface area (Å²) in [4.78, 5) is 29.1. The molecule has 0 saturated carbocycles. The minimum absolute atomic E-state index is 0.0122. The SMILES string of the molecule is Cc1ccc(C(CNC(=O)C(=O)Nc2ccccc2F)N2CCN(C)CC2)cc1. The molecule has 1 heterocycles. The van der Waals surface area contributed by atoms with Crippen molar-refractivity contribution in [3.05, 3.63) is 65.5 Å². The molecule has 154 valence electrons. The molecule has 1 fully saturated rings. The van der Waals surface area contributed by atoms with Crippen LogP contribution in [0.5, 0.6) is 0 Å². The van der Waals surface area contributed by atoms with Crippen LogP contribution >= 0.6 is 0 Å². The number of carbonyl (C=O) groups is 2. The van der Waals surface area contributed by atoms with Crippen LogP contribution in [0.15, 0.2) is 48.5 Å². The third-order valence-electron chi connectivity index (χ3n) is 5.23. The van der Waals surface area contributed by atoms with E-state index in [1.54, 1.807) is 6.07 Å². The molecule has 0 radical (unpaired) electrons. The zero-order chi connectivity index (χ0) is 20.8. The molecule has 1 atom stereocenters. The lowest BCUT2D eigenvalue weighted by molar-refractivity contribution is -0.136. The van der Waals surface area contributed by atoms with E-state index in [1.807, 2.05) is 19.1 Å². The van der Waals surface area contributed by atoms with Gasteiger partial charge >= 0.3 is 11.8 Å². The number of likely N-dealkylation sites (N-methyl/N-ethyl adjacent to an activating group) is 1. The first-order valence-electron chi connectivity index (χ1n) is 9.77. The van der Waals surface area contributed by atoms with Gasteiger partial charge in [-0.3, -0.25) is 14.5 Å². The number of piperazine rings is 1. The van der Waals surface area contributed by atoms with E-state index in [4.69, 9.17) is 0 Å².